The number of hydrogen-bond donors (Lipinski definition) is 2. The molecule has 4 aliphatic carbocycles. The molecule has 5 rings (SSSR count). The quantitative estimate of drug-likeness (QED) is 0.487. The van der Waals surface area contributed by atoms with Gasteiger partial charge in [-0.05, 0) is 87.4 Å². The molecule has 5 aliphatic rings. The van der Waals surface area contributed by atoms with Crippen molar-refractivity contribution in [3.8, 4) is 0 Å². The SMILES string of the molecule is CC1=C(CO)C(=O)OC([C@@H](C)[C@H]2CC[C@H]3[C@@H]4[C@H](O)C=C5CCCC(=O)[C@]5(C)[C@H]4CC[C@]23C)C1. The first-order valence-electron chi connectivity index (χ1n) is 13.1. The van der Waals surface area contributed by atoms with Crippen LogP contribution in [0.3, 0.4) is 0 Å². The van der Waals surface area contributed by atoms with Crippen molar-refractivity contribution in [1.29, 1.82) is 0 Å². The highest BCUT2D eigenvalue weighted by atomic mass is 16.5. The molecule has 0 bridgehead atoms. The molecule has 3 saturated carbocycles. The second-order valence-corrected chi connectivity index (χ2v) is 12.1. The summed E-state index contributed by atoms with van der Waals surface area (Å²) in [5.74, 6) is 1.39. The first-order valence-corrected chi connectivity index (χ1v) is 13.1. The number of aliphatic hydroxyl groups excluding tert-OH is 2. The Balaban J connectivity index is 1.42. The molecule has 0 radical (unpaired) electrons. The molecule has 9 atom stereocenters. The summed E-state index contributed by atoms with van der Waals surface area (Å²) in [5, 5.41) is 20.8. The van der Waals surface area contributed by atoms with Gasteiger partial charge in [0.25, 0.3) is 0 Å². The molecule has 1 unspecified atom stereocenters. The van der Waals surface area contributed by atoms with E-state index in [0.29, 0.717) is 36.0 Å². The van der Waals surface area contributed by atoms with E-state index in [4.69, 9.17) is 4.74 Å². The molecule has 1 aliphatic heterocycles. The van der Waals surface area contributed by atoms with Crippen LogP contribution >= 0.6 is 0 Å². The molecule has 0 aromatic rings. The van der Waals surface area contributed by atoms with Crippen molar-refractivity contribution >= 4 is 11.8 Å². The fraction of sp³-hybridized carbons (Fsp3) is 0.786. The molecule has 0 amide bonds. The number of carbonyl (C=O) groups excluding carboxylic acids is 2. The topological polar surface area (TPSA) is 83.8 Å². The maximum absolute atomic E-state index is 13.2. The number of allylic oxidation sites excluding steroid dienone is 1. The van der Waals surface area contributed by atoms with E-state index in [1.165, 1.54) is 5.57 Å². The first-order chi connectivity index (χ1) is 15.6. The number of rotatable bonds is 3. The number of aliphatic hydroxyl groups is 2. The van der Waals surface area contributed by atoms with E-state index in [2.05, 4.69) is 20.8 Å². The van der Waals surface area contributed by atoms with Crippen LogP contribution in [0.5, 0.6) is 0 Å². The zero-order valence-electron chi connectivity index (χ0n) is 20.6. The molecule has 33 heavy (non-hydrogen) atoms. The third kappa shape index (κ3) is 3.25. The maximum Gasteiger partial charge on any atom is 0.336 e. The number of ether oxygens (including phenoxy) is 1. The average molecular weight is 457 g/mol. The third-order valence-corrected chi connectivity index (χ3v) is 10.9. The highest BCUT2D eigenvalue weighted by Crippen LogP contribution is 2.67. The van der Waals surface area contributed by atoms with Crippen molar-refractivity contribution in [2.75, 3.05) is 6.61 Å². The fourth-order valence-electron chi connectivity index (χ4n) is 9.01. The lowest BCUT2D eigenvalue weighted by atomic mass is 9.46. The van der Waals surface area contributed by atoms with Crippen LogP contribution in [0.15, 0.2) is 22.8 Å². The van der Waals surface area contributed by atoms with Gasteiger partial charge in [0, 0.05) is 12.8 Å². The van der Waals surface area contributed by atoms with Crippen molar-refractivity contribution in [3.05, 3.63) is 22.8 Å². The van der Waals surface area contributed by atoms with Crippen LogP contribution in [-0.4, -0.2) is 40.8 Å². The van der Waals surface area contributed by atoms with Gasteiger partial charge in [-0.1, -0.05) is 31.1 Å². The number of fused-ring (bicyclic) bond motifs is 5. The third-order valence-electron chi connectivity index (χ3n) is 10.9. The van der Waals surface area contributed by atoms with Crippen molar-refractivity contribution < 1.29 is 24.5 Å². The molecule has 182 valence electrons. The highest BCUT2D eigenvalue weighted by Gasteiger charge is 2.63. The molecule has 0 aromatic carbocycles. The van der Waals surface area contributed by atoms with E-state index in [0.717, 1.165) is 44.1 Å². The fourth-order valence-corrected chi connectivity index (χ4v) is 9.01. The van der Waals surface area contributed by atoms with Gasteiger partial charge in [-0.25, -0.2) is 4.79 Å². The van der Waals surface area contributed by atoms with Gasteiger partial charge in [-0.15, -0.1) is 0 Å². The molecular formula is C28H40O5. The lowest BCUT2D eigenvalue weighted by Gasteiger charge is -2.58. The van der Waals surface area contributed by atoms with E-state index in [1.807, 2.05) is 13.0 Å². The van der Waals surface area contributed by atoms with E-state index in [-0.39, 0.29) is 41.8 Å². The van der Waals surface area contributed by atoms with Crippen molar-refractivity contribution in [2.45, 2.75) is 91.3 Å². The Morgan fingerprint density at radius 3 is 2.61 bits per heavy atom. The Morgan fingerprint density at radius 1 is 1.15 bits per heavy atom. The van der Waals surface area contributed by atoms with Gasteiger partial charge >= 0.3 is 5.97 Å². The van der Waals surface area contributed by atoms with Crippen LogP contribution < -0.4 is 0 Å². The number of cyclic esters (lactones) is 1. The number of carbonyl (C=O) groups is 2. The normalized spacial score (nSPS) is 46.2. The minimum Gasteiger partial charge on any atom is -0.458 e. The molecule has 0 saturated heterocycles. The smallest absolute Gasteiger partial charge is 0.336 e. The van der Waals surface area contributed by atoms with Gasteiger partial charge < -0.3 is 14.9 Å². The second kappa shape index (κ2) is 8.05. The molecular weight excluding hydrogens is 416 g/mol. The van der Waals surface area contributed by atoms with Gasteiger partial charge in [0.15, 0.2) is 0 Å². The number of ketones is 1. The minimum absolute atomic E-state index is 0.0717. The highest BCUT2D eigenvalue weighted by molar-refractivity contribution is 5.90. The van der Waals surface area contributed by atoms with Gasteiger partial charge in [0.05, 0.1) is 23.7 Å². The molecule has 5 nitrogen and oxygen atoms in total. The standard InChI is InChI=1S/C28H40O5/c1-15-12-23(33-26(32)18(15)14-29)16(2)19-8-9-20-25-21(10-11-27(19,20)3)28(4)17(13-22(25)30)6-5-7-24(28)31/h13,16,19-23,25,29-30H,5-12,14H2,1-4H3/t16-,19+,20-,21-,22+,23?,25-,27+,28-/m0/s1. The van der Waals surface area contributed by atoms with Crippen LogP contribution in [0.25, 0.3) is 0 Å². The summed E-state index contributed by atoms with van der Waals surface area (Å²) >= 11 is 0. The van der Waals surface area contributed by atoms with E-state index in [1.54, 1.807) is 0 Å². The Morgan fingerprint density at radius 2 is 1.91 bits per heavy atom. The number of Topliss-reactive ketones (excluding diaryl/α,β-unsaturated/α-hetero) is 1. The Bertz CT molecular complexity index is 917. The molecule has 0 spiro atoms. The molecule has 5 heteroatoms. The molecule has 1 heterocycles. The summed E-state index contributed by atoms with van der Waals surface area (Å²) in [6.45, 7) is 8.45. The lowest BCUT2D eigenvalue weighted by Crippen LogP contribution is -2.57. The zero-order chi connectivity index (χ0) is 23.7. The van der Waals surface area contributed by atoms with Crippen LogP contribution in [0.2, 0.25) is 0 Å². The Hall–Kier alpha value is -1.46. The van der Waals surface area contributed by atoms with Gasteiger partial charge in [-0.2, -0.15) is 0 Å². The number of hydrogen-bond acceptors (Lipinski definition) is 5. The summed E-state index contributed by atoms with van der Waals surface area (Å²) in [4.78, 5) is 25.6. The predicted molar refractivity (Wildman–Crippen MR) is 125 cm³/mol. The predicted octanol–water partition coefficient (Wildman–Crippen LogP) is 4.37. The largest absolute Gasteiger partial charge is 0.458 e. The summed E-state index contributed by atoms with van der Waals surface area (Å²) in [7, 11) is 0. The van der Waals surface area contributed by atoms with Crippen LogP contribution in [-0.2, 0) is 14.3 Å². The van der Waals surface area contributed by atoms with Gasteiger partial charge in [0.1, 0.15) is 11.9 Å². The minimum atomic E-state index is -0.465. The van der Waals surface area contributed by atoms with Gasteiger partial charge in [-0.3, -0.25) is 4.79 Å². The van der Waals surface area contributed by atoms with E-state index in [9.17, 15) is 19.8 Å². The summed E-state index contributed by atoms with van der Waals surface area (Å²) in [6.07, 6.45) is 8.82. The zero-order valence-corrected chi connectivity index (χ0v) is 20.6. The van der Waals surface area contributed by atoms with Gasteiger partial charge in [0.2, 0.25) is 0 Å². The summed E-state index contributed by atoms with van der Waals surface area (Å²) in [5.41, 5.74) is 2.22. The van der Waals surface area contributed by atoms with Crippen LogP contribution in [0.4, 0.5) is 0 Å². The Kier molecular flexibility index (Phi) is 5.68. The van der Waals surface area contributed by atoms with E-state index >= 15 is 0 Å². The van der Waals surface area contributed by atoms with Crippen molar-refractivity contribution in [1.82, 2.24) is 0 Å². The molecule has 2 N–H and O–H groups in total. The molecule has 0 aromatic heterocycles. The Labute approximate surface area is 197 Å². The summed E-state index contributed by atoms with van der Waals surface area (Å²) in [6, 6.07) is 0. The van der Waals surface area contributed by atoms with Crippen molar-refractivity contribution in [2.24, 2.45) is 40.4 Å². The van der Waals surface area contributed by atoms with Crippen LogP contribution in [0, 0.1) is 40.4 Å². The maximum atomic E-state index is 13.2. The average Bonchev–Trinajstić information content (AvgIpc) is 3.12. The van der Waals surface area contributed by atoms with Crippen LogP contribution in [0.1, 0.15) is 79.1 Å². The van der Waals surface area contributed by atoms with Crippen molar-refractivity contribution in [3.63, 3.8) is 0 Å². The summed E-state index contributed by atoms with van der Waals surface area (Å²) < 4.78 is 5.83. The lowest BCUT2D eigenvalue weighted by molar-refractivity contribution is -0.153. The second-order valence-electron chi connectivity index (χ2n) is 12.1. The monoisotopic (exact) mass is 456 g/mol. The first kappa shape index (κ1) is 23.3. The van der Waals surface area contributed by atoms with E-state index < -0.39 is 11.5 Å². The molecule has 3 fully saturated rings. The number of esters is 1.